The van der Waals surface area contributed by atoms with Crippen molar-refractivity contribution in [2.24, 2.45) is 0 Å². The van der Waals surface area contributed by atoms with E-state index in [2.05, 4.69) is 17.6 Å². The summed E-state index contributed by atoms with van der Waals surface area (Å²) in [5.41, 5.74) is 0.701. The molecule has 1 aromatic rings. The average Bonchev–Trinajstić information content (AvgIpc) is 2.67. The quantitative estimate of drug-likeness (QED) is 0.590. The van der Waals surface area contributed by atoms with Crippen molar-refractivity contribution in [2.45, 2.75) is 38.8 Å². The number of anilines is 1. The maximum absolute atomic E-state index is 12.6. The Morgan fingerprint density at radius 1 is 1.25 bits per heavy atom. The summed E-state index contributed by atoms with van der Waals surface area (Å²) in [6, 6.07) is 5.04. The summed E-state index contributed by atoms with van der Waals surface area (Å²) in [6.07, 6.45) is 1.68. The summed E-state index contributed by atoms with van der Waals surface area (Å²) >= 11 is 0. The first kappa shape index (κ1) is 20.1. The van der Waals surface area contributed by atoms with Gasteiger partial charge in [-0.2, -0.15) is 0 Å². The first-order valence-corrected chi connectivity index (χ1v) is 9.68. The minimum atomic E-state index is -0.448. The average molecular weight is 389 g/mol. The lowest BCUT2D eigenvalue weighted by Gasteiger charge is -2.35. The molecule has 2 aliphatic heterocycles. The number of hydrogen-bond acceptors (Lipinski definition) is 6. The third-order valence-electron chi connectivity index (χ3n) is 5.46. The molecule has 28 heavy (non-hydrogen) atoms. The number of carbonyl (C=O) groups is 2. The van der Waals surface area contributed by atoms with Crippen LogP contribution in [-0.4, -0.2) is 66.4 Å². The van der Waals surface area contributed by atoms with Crippen molar-refractivity contribution in [3.05, 3.63) is 33.9 Å². The van der Waals surface area contributed by atoms with Gasteiger partial charge in [0.15, 0.2) is 0 Å². The van der Waals surface area contributed by atoms with E-state index in [1.54, 1.807) is 17.0 Å². The van der Waals surface area contributed by atoms with Crippen LogP contribution in [-0.2, 0) is 4.79 Å². The molecule has 9 heteroatoms. The van der Waals surface area contributed by atoms with Crippen molar-refractivity contribution in [3.8, 4) is 0 Å². The third kappa shape index (κ3) is 4.59. The lowest BCUT2D eigenvalue weighted by molar-refractivity contribution is -0.384. The fraction of sp³-hybridized carbons (Fsp3) is 0.579. The SMILES string of the molecule is CC(=O)N1CCN(c2ccc(C(=O)NC3CCNC(C)C3)cc2[N+](=O)[O-])CC1. The molecule has 2 amide bonds. The Kier molecular flexibility index (Phi) is 6.13. The number of rotatable bonds is 4. The van der Waals surface area contributed by atoms with Gasteiger partial charge in [0.05, 0.1) is 4.92 Å². The second kappa shape index (κ2) is 8.55. The van der Waals surface area contributed by atoms with E-state index in [0.29, 0.717) is 43.5 Å². The molecule has 2 heterocycles. The predicted octanol–water partition coefficient (Wildman–Crippen LogP) is 1.13. The summed E-state index contributed by atoms with van der Waals surface area (Å²) in [7, 11) is 0. The van der Waals surface area contributed by atoms with Crippen LogP contribution in [0.25, 0.3) is 0 Å². The number of hydrogen-bond donors (Lipinski definition) is 2. The van der Waals surface area contributed by atoms with E-state index in [4.69, 9.17) is 0 Å². The molecule has 0 aliphatic carbocycles. The van der Waals surface area contributed by atoms with Crippen molar-refractivity contribution in [1.29, 1.82) is 0 Å². The molecule has 2 aliphatic rings. The number of carbonyl (C=O) groups excluding carboxylic acids is 2. The van der Waals surface area contributed by atoms with E-state index in [1.807, 2.05) is 4.90 Å². The van der Waals surface area contributed by atoms with Crippen LogP contribution in [0.1, 0.15) is 37.0 Å². The summed E-state index contributed by atoms with van der Waals surface area (Å²) in [4.78, 5) is 38.9. The van der Waals surface area contributed by atoms with Gasteiger partial charge in [-0.1, -0.05) is 0 Å². The highest BCUT2D eigenvalue weighted by Gasteiger charge is 2.27. The van der Waals surface area contributed by atoms with Gasteiger partial charge in [-0.15, -0.1) is 0 Å². The number of benzene rings is 1. The summed E-state index contributed by atoms with van der Waals surface area (Å²) in [5, 5.41) is 17.9. The molecule has 2 saturated heterocycles. The smallest absolute Gasteiger partial charge is 0.293 e. The van der Waals surface area contributed by atoms with Gasteiger partial charge in [0.2, 0.25) is 5.91 Å². The zero-order chi connectivity index (χ0) is 20.3. The van der Waals surface area contributed by atoms with Gasteiger partial charge < -0.3 is 20.4 Å². The molecule has 0 radical (unpaired) electrons. The van der Waals surface area contributed by atoms with Crippen LogP contribution in [0, 0.1) is 10.1 Å². The molecular formula is C19H27N5O4. The third-order valence-corrected chi connectivity index (χ3v) is 5.46. The predicted molar refractivity (Wildman–Crippen MR) is 106 cm³/mol. The first-order valence-electron chi connectivity index (χ1n) is 9.68. The highest BCUT2D eigenvalue weighted by Crippen LogP contribution is 2.30. The van der Waals surface area contributed by atoms with Crippen molar-refractivity contribution in [2.75, 3.05) is 37.6 Å². The number of piperazine rings is 1. The van der Waals surface area contributed by atoms with Crippen molar-refractivity contribution >= 4 is 23.2 Å². The zero-order valence-corrected chi connectivity index (χ0v) is 16.3. The van der Waals surface area contributed by atoms with Crippen LogP contribution in [0.15, 0.2) is 18.2 Å². The van der Waals surface area contributed by atoms with E-state index < -0.39 is 4.92 Å². The Balaban J connectivity index is 1.73. The molecule has 152 valence electrons. The molecule has 2 N–H and O–H groups in total. The van der Waals surface area contributed by atoms with E-state index >= 15 is 0 Å². The Morgan fingerprint density at radius 2 is 1.96 bits per heavy atom. The van der Waals surface area contributed by atoms with Gasteiger partial charge in [0, 0.05) is 56.8 Å². The second-order valence-electron chi connectivity index (χ2n) is 7.50. The fourth-order valence-electron chi connectivity index (χ4n) is 3.87. The molecule has 0 saturated carbocycles. The molecule has 2 unspecified atom stereocenters. The van der Waals surface area contributed by atoms with Crippen LogP contribution in [0.3, 0.4) is 0 Å². The number of amides is 2. The van der Waals surface area contributed by atoms with Crippen LogP contribution in [0.4, 0.5) is 11.4 Å². The topological polar surface area (TPSA) is 108 Å². The molecule has 0 bridgehead atoms. The highest BCUT2D eigenvalue weighted by atomic mass is 16.6. The van der Waals surface area contributed by atoms with Gasteiger partial charge in [-0.3, -0.25) is 19.7 Å². The Bertz CT molecular complexity index is 761. The normalized spacial score (nSPS) is 22.6. The second-order valence-corrected chi connectivity index (χ2v) is 7.50. The molecule has 9 nitrogen and oxygen atoms in total. The maximum Gasteiger partial charge on any atom is 0.293 e. The van der Waals surface area contributed by atoms with Gasteiger partial charge in [0.25, 0.3) is 11.6 Å². The van der Waals surface area contributed by atoms with E-state index in [-0.39, 0.29) is 23.5 Å². The molecule has 3 rings (SSSR count). The molecule has 2 atom stereocenters. The van der Waals surface area contributed by atoms with E-state index in [1.165, 1.54) is 13.0 Å². The van der Waals surface area contributed by atoms with E-state index in [9.17, 15) is 19.7 Å². The largest absolute Gasteiger partial charge is 0.362 e. The van der Waals surface area contributed by atoms with Crippen LogP contribution < -0.4 is 15.5 Å². The fourth-order valence-corrected chi connectivity index (χ4v) is 3.87. The van der Waals surface area contributed by atoms with Crippen LogP contribution >= 0.6 is 0 Å². The Hall–Kier alpha value is -2.68. The zero-order valence-electron chi connectivity index (χ0n) is 16.3. The minimum Gasteiger partial charge on any atom is -0.362 e. The highest BCUT2D eigenvalue weighted by molar-refractivity contribution is 5.96. The number of nitrogens with one attached hydrogen (secondary N) is 2. The molecule has 1 aromatic carbocycles. The summed E-state index contributed by atoms with van der Waals surface area (Å²) in [6.45, 7) is 6.55. The lowest BCUT2D eigenvalue weighted by atomic mass is 10.00. The number of nitro groups is 1. The van der Waals surface area contributed by atoms with Gasteiger partial charge >= 0.3 is 0 Å². The van der Waals surface area contributed by atoms with Crippen molar-refractivity contribution in [3.63, 3.8) is 0 Å². The van der Waals surface area contributed by atoms with Gasteiger partial charge in [-0.25, -0.2) is 0 Å². The molecule has 0 aromatic heterocycles. The molecule has 2 fully saturated rings. The lowest BCUT2D eigenvalue weighted by Crippen LogP contribution is -2.48. The summed E-state index contributed by atoms with van der Waals surface area (Å²) in [5.74, 6) is -0.274. The van der Waals surface area contributed by atoms with Crippen LogP contribution in [0.5, 0.6) is 0 Å². The van der Waals surface area contributed by atoms with Crippen molar-refractivity contribution in [1.82, 2.24) is 15.5 Å². The monoisotopic (exact) mass is 389 g/mol. The number of nitro benzene ring substituents is 1. The Morgan fingerprint density at radius 3 is 2.57 bits per heavy atom. The van der Waals surface area contributed by atoms with Crippen LogP contribution in [0.2, 0.25) is 0 Å². The molecular weight excluding hydrogens is 362 g/mol. The standard InChI is InChI=1S/C19H27N5O4/c1-13-11-16(5-6-20-13)21-19(26)15-3-4-17(18(12-15)24(27)28)23-9-7-22(8-10-23)14(2)25/h3-4,12-13,16,20H,5-11H2,1-2H3,(H,21,26). The molecule has 0 spiro atoms. The Labute approximate surface area is 164 Å². The minimum absolute atomic E-state index is 0.00778. The number of piperidine rings is 1. The summed E-state index contributed by atoms with van der Waals surface area (Å²) < 4.78 is 0. The van der Waals surface area contributed by atoms with Gasteiger partial charge in [0.1, 0.15) is 5.69 Å². The van der Waals surface area contributed by atoms with Gasteiger partial charge in [-0.05, 0) is 38.4 Å². The van der Waals surface area contributed by atoms with Crippen molar-refractivity contribution < 1.29 is 14.5 Å². The van der Waals surface area contributed by atoms with E-state index in [0.717, 1.165) is 19.4 Å². The number of nitrogens with zero attached hydrogens (tertiary/aromatic N) is 3. The first-order chi connectivity index (χ1) is 13.3. The maximum atomic E-state index is 12.6.